The molecule has 1 aromatic heterocycles. The minimum absolute atomic E-state index is 0.0231. The van der Waals surface area contributed by atoms with Crippen molar-refractivity contribution in [3.05, 3.63) is 60.4 Å². The maximum Gasteiger partial charge on any atom is 0.329 e. The first-order valence-electron chi connectivity index (χ1n) is 17.1. The highest BCUT2D eigenvalue weighted by atomic mass is 32.2. The van der Waals surface area contributed by atoms with Crippen molar-refractivity contribution in [3.63, 3.8) is 0 Å². The molecule has 3 aromatic rings. The lowest BCUT2D eigenvalue weighted by Gasteiger charge is -2.43. The molecule has 0 aliphatic carbocycles. The van der Waals surface area contributed by atoms with Gasteiger partial charge in [-0.1, -0.05) is 36.0 Å². The maximum atomic E-state index is 14.1. The van der Waals surface area contributed by atoms with Crippen LogP contribution in [0.5, 0.6) is 0 Å². The first-order valence-corrected chi connectivity index (χ1v) is 18.9. The van der Waals surface area contributed by atoms with Crippen molar-refractivity contribution in [1.29, 1.82) is 0 Å². The molecule has 2 fully saturated rings. The fourth-order valence-electron chi connectivity index (χ4n) is 6.70. The van der Waals surface area contributed by atoms with E-state index >= 15 is 0 Å². The van der Waals surface area contributed by atoms with Crippen LogP contribution in [0.4, 0.5) is 11.4 Å². The number of hydrogen-bond acceptors (Lipinski definition) is 12. The third-order valence-corrected chi connectivity index (χ3v) is 11.8. The Morgan fingerprint density at radius 1 is 1.04 bits per heavy atom. The summed E-state index contributed by atoms with van der Waals surface area (Å²) in [5.41, 5.74) is 1.15. The number of carboxylic acid groups (broad SMARTS) is 2. The van der Waals surface area contributed by atoms with Gasteiger partial charge >= 0.3 is 11.9 Å². The van der Waals surface area contributed by atoms with E-state index in [1.165, 1.54) is 34.7 Å². The Morgan fingerprint density at radius 2 is 1.85 bits per heavy atom. The highest BCUT2D eigenvalue weighted by Crippen LogP contribution is 2.43. The summed E-state index contributed by atoms with van der Waals surface area (Å²) in [7, 11) is 0. The van der Waals surface area contributed by atoms with Crippen molar-refractivity contribution in [2.75, 3.05) is 22.9 Å². The van der Waals surface area contributed by atoms with Gasteiger partial charge in [-0.25, -0.2) is 9.80 Å². The van der Waals surface area contributed by atoms with Crippen LogP contribution < -0.4 is 21.3 Å². The van der Waals surface area contributed by atoms with Crippen molar-refractivity contribution >= 4 is 92.2 Å². The van der Waals surface area contributed by atoms with Gasteiger partial charge in [0.2, 0.25) is 17.7 Å². The molecule has 19 heteroatoms. The van der Waals surface area contributed by atoms with E-state index in [-0.39, 0.29) is 36.9 Å². The van der Waals surface area contributed by atoms with Crippen LogP contribution in [0.25, 0.3) is 10.8 Å². The van der Waals surface area contributed by atoms with Gasteiger partial charge in [0, 0.05) is 46.6 Å². The Balaban J connectivity index is 1.05. The number of nitrogens with one attached hydrogen (secondary N) is 4. The number of hydrogen-bond donors (Lipinski definition) is 6. The first kappa shape index (κ1) is 36.7. The number of carboxylic acids is 2. The summed E-state index contributed by atoms with van der Waals surface area (Å²) >= 11 is 2.73. The van der Waals surface area contributed by atoms with E-state index in [1.54, 1.807) is 36.4 Å². The maximum absolute atomic E-state index is 14.1. The second kappa shape index (κ2) is 15.3. The number of rotatable bonds is 10. The molecule has 0 saturated carbocycles. The standard InChI is InChI=1S/C35H34N8O9S2/c44-26-10-9-21(38-31(49)28-19-5-2-1-4-17(19)11-12-36-28)34(50)43-24(6-3-13-42(26)43)30(48)39-22(15-27(45)46)29(47)37-18-7-8-20-25(14-18)54-33(40-20)32-41-23(16-53-32)35(51)52/h1-2,4-5,7-8,11-12,14,21-24,33,40H,3,6,9-10,13,15-16H2,(H,37,47)(H,38,49)(H,39,48)(H,45,46)(H,51,52)/t21-,22-,23+,24-,33?/m0/s1. The number of hydrazine groups is 1. The number of aromatic nitrogens is 1. The summed E-state index contributed by atoms with van der Waals surface area (Å²) in [5, 5.41) is 34.0. The Kier molecular flexibility index (Phi) is 10.4. The summed E-state index contributed by atoms with van der Waals surface area (Å²) in [6.07, 6.45) is 1.06. The molecule has 5 heterocycles. The van der Waals surface area contributed by atoms with Gasteiger partial charge in [-0.15, -0.1) is 11.8 Å². The fourth-order valence-corrected chi connectivity index (χ4v) is 9.06. The summed E-state index contributed by atoms with van der Waals surface area (Å²) in [6.45, 7) is 0.150. The summed E-state index contributed by atoms with van der Waals surface area (Å²) in [6, 6.07) is 9.02. The van der Waals surface area contributed by atoms with Crippen molar-refractivity contribution in [2.24, 2.45) is 4.99 Å². The summed E-state index contributed by atoms with van der Waals surface area (Å²) < 4.78 is 0. The number of nitrogens with zero attached hydrogens (tertiary/aromatic N) is 4. The molecule has 2 saturated heterocycles. The van der Waals surface area contributed by atoms with Crippen LogP contribution in [0.1, 0.15) is 42.6 Å². The number of aliphatic imine (C=N–C) groups is 1. The number of anilines is 2. The first-order chi connectivity index (χ1) is 26.0. The Bertz CT molecular complexity index is 2110. The number of benzene rings is 2. The molecule has 0 bridgehead atoms. The molecule has 1 unspecified atom stereocenters. The zero-order valence-electron chi connectivity index (χ0n) is 28.4. The monoisotopic (exact) mass is 774 g/mol. The van der Waals surface area contributed by atoms with Crippen LogP contribution in [-0.2, 0) is 28.8 Å². The van der Waals surface area contributed by atoms with E-state index in [1.807, 2.05) is 12.1 Å². The molecule has 5 atom stereocenters. The second-order valence-electron chi connectivity index (χ2n) is 12.9. The van der Waals surface area contributed by atoms with E-state index in [2.05, 4.69) is 31.2 Å². The van der Waals surface area contributed by atoms with Crippen LogP contribution in [0.3, 0.4) is 0 Å². The van der Waals surface area contributed by atoms with Gasteiger partial charge in [-0.3, -0.25) is 43.8 Å². The van der Waals surface area contributed by atoms with Crippen LogP contribution in [-0.4, -0.2) is 114 Å². The van der Waals surface area contributed by atoms with Gasteiger partial charge in [-0.05, 0) is 48.9 Å². The summed E-state index contributed by atoms with van der Waals surface area (Å²) in [5.74, 6) is -5.44. The van der Waals surface area contributed by atoms with Crippen LogP contribution in [0.15, 0.2) is 64.6 Å². The largest absolute Gasteiger partial charge is 0.481 e. The molecule has 0 spiro atoms. The highest BCUT2D eigenvalue weighted by Gasteiger charge is 2.45. The molecule has 17 nitrogen and oxygen atoms in total. The number of carbonyl (C=O) groups excluding carboxylic acids is 5. The number of amides is 5. The van der Waals surface area contributed by atoms with Crippen LogP contribution in [0.2, 0.25) is 0 Å². The van der Waals surface area contributed by atoms with Gasteiger partial charge in [0.25, 0.3) is 11.8 Å². The predicted octanol–water partition coefficient (Wildman–Crippen LogP) is 1.90. The number of fused-ring (bicyclic) bond motifs is 3. The number of thioether (sulfide) groups is 2. The lowest BCUT2D eigenvalue weighted by molar-refractivity contribution is -0.176. The van der Waals surface area contributed by atoms with Crippen molar-refractivity contribution in [1.82, 2.24) is 25.6 Å². The zero-order chi connectivity index (χ0) is 38.1. The van der Waals surface area contributed by atoms with Gasteiger partial charge in [0.05, 0.1) is 6.42 Å². The van der Waals surface area contributed by atoms with Gasteiger partial charge in [0.15, 0.2) is 6.04 Å². The molecule has 54 heavy (non-hydrogen) atoms. The van der Waals surface area contributed by atoms with Gasteiger partial charge < -0.3 is 31.5 Å². The average Bonchev–Trinajstić information content (AvgIpc) is 3.80. The van der Waals surface area contributed by atoms with E-state index in [0.29, 0.717) is 28.3 Å². The second-order valence-corrected chi connectivity index (χ2v) is 15.1. The van der Waals surface area contributed by atoms with E-state index < -0.39 is 72.1 Å². The zero-order valence-corrected chi connectivity index (χ0v) is 30.0. The van der Waals surface area contributed by atoms with Crippen molar-refractivity contribution in [2.45, 2.75) is 66.5 Å². The SMILES string of the molecule is O=C(O)C[C@H](NC(=O)[C@@H]1CCCN2C(=O)CC[C@H](NC(=O)c3nccc4ccccc34)C(=O)N12)C(=O)Nc1ccc2c(c1)SC(C1=N[C@@H](C(=O)O)CS1)N2. The van der Waals surface area contributed by atoms with Gasteiger partial charge in [-0.2, -0.15) is 0 Å². The summed E-state index contributed by atoms with van der Waals surface area (Å²) in [4.78, 5) is 101. The van der Waals surface area contributed by atoms with Crippen molar-refractivity contribution in [3.8, 4) is 0 Å². The fraction of sp³-hybridized carbons (Fsp3) is 0.343. The third-order valence-electron chi connectivity index (χ3n) is 9.33. The van der Waals surface area contributed by atoms with Gasteiger partial charge in [0.1, 0.15) is 34.2 Å². The topological polar surface area (TPSA) is 240 Å². The Hall–Kier alpha value is -5.69. The molecule has 4 aliphatic heterocycles. The molecular weight excluding hydrogens is 741 g/mol. The normalized spacial score (nSPS) is 22.6. The molecule has 280 valence electrons. The Labute approximate surface area is 315 Å². The van der Waals surface area contributed by atoms with Crippen molar-refractivity contribution < 1.29 is 43.8 Å². The van der Waals surface area contributed by atoms with Crippen LogP contribution >= 0.6 is 23.5 Å². The molecule has 0 radical (unpaired) electrons. The molecule has 6 N–H and O–H groups in total. The predicted molar refractivity (Wildman–Crippen MR) is 198 cm³/mol. The molecule has 5 amide bonds. The van der Waals surface area contributed by atoms with E-state index in [4.69, 9.17) is 0 Å². The third kappa shape index (κ3) is 7.54. The lowest BCUT2D eigenvalue weighted by Crippen LogP contribution is -2.64. The lowest BCUT2D eigenvalue weighted by atomic mass is 10.0. The minimum atomic E-state index is -1.56. The molecule has 2 aromatic carbocycles. The molecular formula is C35H34N8O9S2. The van der Waals surface area contributed by atoms with E-state index in [9.17, 15) is 43.8 Å². The quantitative estimate of drug-likeness (QED) is 0.173. The molecule has 7 rings (SSSR count). The number of pyridine rings is 1. The minimum Gasteiger partial charge on any atom is -0.481 e. The smallest absolute Gasteiger partial charge is 0.329 e. The number of carbonyl (C=O) groups is 7. The molecule has 4 aliphatic rings. The van der Waals surface area contributed by atoms with Crippen LogP contribution in [0, 0.1) is 0 Å². The van der Waals surface area contributed by atoms with E-state index in [0.717, 1.165) is 21.0 Å². The number of aliphatic carboxylic acids is 2. The highest BCUT2D eigenvalue weighted by molar-refractivity contribution is 8.16. The Morgan fingerprint density at radius 3 is 2.63 bits per heavy atom. The average molecular weight is 775 g/mol.